The lowest BCUT2D eigenvalue weighted by molar-refractivity contribution is 1.25. The van der Waals surface area contributed by atoms with E-state index in [0.717, 1.165) is 10.5 Å². The molecule has 0 aliphatic carbocycles. The summed E-state index contributed by atoms with van der Waals surface area (Å²) in [7, 11) is 0. The molecule has 0 atom stereocenters. The maximum Gasteiger partial charge on any atom is 0.00754 e. The van der Waals surface area contributed by atoms with Gasteiger partial charge in [-0.05, 0) is 43.5 Å². The van der Waals surface area contributed by atoms with E-state index in [1.54, 1.807) is 0 Å². The summed E-state index contributed by atoms with van der Waals surface area (Å²) >= 11 is 4.37. The highest BCUT2D eigenvalue weighted by atomic mass is 32.1. The lowest BCUT2D eigenvalue weighted by Gasteiger charge is -2.08. The Kier molecular flexibility index (Phi) is 2.63. The van der Waals surface area contributed by atoms with Crippen molar-refractivity contribution in [3.05, 3.63) is 35.4 Å². The van der Waals surface area contributed by atoms with Gasteiger partial charge in [-0.15, -0.1) is 12.6 Å². The molecule has 0 aromatic heterocycles. The Morgan fingerprint density at radius 1 is 1.25 bits per heavy atom. The molecule has 64 valence electrons. The molecular weight excluding hydrogens is 164 g/mol. The van der Waals surface area contributed by atoms with Crippen molar-refractivity contribution in [2.75, 3.05) is 0 Å². The summed E-state index contributed by atoms with van der Waals surface area (Å²) in [6, 6.07) is 4.22. The predicted octanol–water partition coefficient (Wildman–Crippen LogP) is 3.63. The monoisotopic (exact) mass is 178 g/mol. The summed E-state index contributed by atoms with van der Waals surface area (Å²) in [5.41, 5.74) is 4.81. The number of allylic oxidation sites excluding steroid dienone is 1. The summed E-state index contributed by atoms with van der Waals surface area (Å²) in [6.45, 7) is 10.1. The molecule has 1 rings (SSSR count). The number of hydrogen-bond donors (Lipinski definition) is 1. The molecule has 0 nitrogen and oxygen atoms in total. The van der Waals surface area contributed by atoms with Crippen LogP contribution in [0.25, 0.3) is 5.57 Å². The molecule has 0 N–H and O–H groups in total. The van der Waals surface area contributed by atoms with Crippen LogP contribution in [0.3, 0.4) is 0 Å². The SMILES string of the molecule is C=C(C)c1cc(S)c(C)cc1C. The molecule has 1 heteroatoms. The smallest absolute Gasteiger partial charge is 0.00754 e. The van der Waals surface area contributed by atoms with E-state index >= 15 is 0 Å². The van der Waals surface area contributed by atoms with Gasteiger partial charge < -0.3 is 0 Å². The third kappa shape index (κ3) is 1.72. The van der Waals surface area contributed by atoms with Crippen molar-refractivity contribution in [3.63, 3.8) is 0 Å². The standard InChI is InChI=1S/C11H14S/c1-7(2)10-6-11(12)9(4)5-8(10)3/h5-6,12H,1H2,2-4H3. The molecule has 0 saturated heterocycles. The van der Waals surface area contributed by atoms with Crippen molar-refractivity contribution >= 4 is 18.2 Å². The van der Waals surface area contributed by atoms with Gasteiger partial charge in [-0.25, -0.2) is 0 Å². The molecule has 1 aromatic rings. The van der Waals surface area contributed by atoms with Crippen LogP contribution in [-0.2, 0) is 0 Å². The lowest BCUT2D eigenvalue weighted by Crippen LogP contribution is -1.87. The number of thiol groups is 1. The minimum atomic E-state index is 1.04. The summed E-state index contributed by atoms with van der Waals surface area (Å²) < 4.78 is 0. The molecule has 12 heavy (non-hydrogen) atoms. The van der Waals surface area contributed by atoms with Crippen LogP contribution in [0.5, 0.6) is 0 Å². The topological polar surface area (TPSA) is 0 Å². The first-order chi connectivity index (χ1) is 5.52. The van der Waals surface area contributed by atoms with Crippen LogP contribution in [0.2, 0.25) is 0 Å². The van der Waals surface area contributed by atoms with E-state index < -0.39 is 0 Å². The second kappa shape index (κ2) is 3.36. The van der Waals surface area contributed by atoms with Gasteiger partial charge in [0.1, 0.15) is 0 Å². The first kappa shape index (κ1) is 9.40. The van der Waals surface area contributed by atoms with Crippen molar-refractivity contribution in [2.24, 2.45) is 0 Å². The van der Waals surface area contributed by atoms with Crippen molar-refractivity contribution in [2.45, 2.75) is 25.7 Å². The Balaban J connectivity index is 3.33. The molecule has 0 aliphatic heterocycles. The van der Waals surface area contributed by atoms with Crippen LogP contribution in [0, 0.1) is 13.8 Å². The average Bonchev–Trinajstić information content (AvgIpc) is 1.96. The third-order valence-electron chi connectivity index (χ3n) is 2.00. The fraction of sp³-hybridized carbons (Fsp3) is 0.273. The zero-order valence-electron chi connectivity index (χ0n) is 7.81. The van der Waals surface area contributed by atoms with Gasteiger partial charge in [0.15, 0.2) is 0 Å². The van der Waals surface area contributed by atoms with Crippen molar-refractivity contribution in [1.82, 2.24) is 0 Å². The van der Waals surface area contributed by atoms with Gasteiger partial charge in [0.25, 0.3) is 0 Å². The Labute approximate surface area is 79.7 Å². The Morgan fingerprint density at radius 3 is 2.33 bits per heavy atom. The molecule has 0 radical (unpaired) electrons. The number of rotatable bonds is 1. The van der Waals surface area contributed by atoms with E-state index in [0.29, 0.717) is 0 Å². The maximum absolute atomic E-state index is 4.37. The molecule has 0 spiro atoms. The number of hydrogen-bond acceptors (Lipinski definition) is 1. The summed E-state index contributed by atoms with van der Waals surface area (Å²) in [6.07, 6.45) is 0. The molecule has 0 unspecified atom stereocenters. The van der Waals surface area contributed by atoms with E-state index in [-0.39, 0.29) is 0 Å². The van der Waals surface area contributed by atoms with Crippen LogP contribution < -0.4 is 0 Å². The summed E-state index contributed by atoms with van der Waals surface area (Å²) in [4.78, 5) is 1.04. The van der Waals surface area contributed by atoms with Crippen molar-refractivity contribution in [1.29, 1.82) is 0 Å². The van der Waals surface area contributed by atoms with Gasteiger partial charge in [-0.1, -0.05) is 18.2 Å². The highest BCUT2D eigenvalue weighted by Crippen LogP contribution is 2.23. The summed E-state index contributed by atoms with van der Waals surface area (Å²) in [5.74, 6) is 0. The molecule has 0 heterocycles. The minimum Gasteiger partial charge on any atom is -0.143 e. The molecule has 0 fully saturated rings. The van der Waals surface area contributed by atoms with Crippen LogP contribution in [0.1, 0.15) is 23.6 Å². The van der Waals surface area contributed by atoms with Gasteiger partial charge in [0, 0.05) is 4.90 Å². The van der Waals surface area contributed by atoms with Crippen LogP contribution in [0.4, 0.5) is 0 Å². The van der Waals surface area contributed by atoms with Crippen molar-refractivity contribution < 1.29 is 0 Å². The fourth-order valence-electron chi connectivity index (χ4n) is 1.30. The molecular formula is C11H14S. The Bertz CT molecular complexity index is 324. The number of benzene rings is 1. The normalized spacial score (nSPS) is 10.0. The zero-order valence-corrected chi connectivity index (χ0v) is 8.70. The maximum atomic E-state index is 4.37. The second-order valence-corrected chi connectivity index (χ2v) is 3.72. The molecule has 1 aromatic carbocycles. The van der Waals surface area contributed by atoms with Gasteiger partial charge in [0.05, 0.1) is 0 Å². The summed E-state index contributed by atoms with van der Waals surface area (Å²) in [5, 5.41) is 0. The Hall–Kier alpha value is -0.690. The highest BCUT2D eigenvalue weighted by molar-refractivity contribution is 7.80. The van der Waals surface area contributed by atoms with Crippen LogP contribution in [0.15, 0.2) is 23.6 Å². The van der Waals surface area contributed by atoms with Gasteiger partial charge in [-0.2, -0.15) is 0 Å². The minimum absolute atomic E-state index is 1.04. The van der Waals surface area contributed by atoms with Crippen LogP contribution >= 0.6 is 12.6 Å². The predicted molar refractivity (Wildman–Crippen MR) is 57.9 cm³/mol. The Morgan fingerprint density at radius 2 is 1.83 bits per heavy atom. The van der Waals surface area contributed by atoms with E-state index in [4.69, 9.17) is 0 Å². The molecule has 0 amide bonds. The van der Waals surface area contributed by atoms with E-state index in [1.165, 1.54) is 16.7 Å². The van der Waals surface area contributed by atoms with Gasteiger partial charge in [0.2, 0.25) is 0 Å². The molecule has 0 saturated carbocycles. The quantitative estimate of drug-likeness (QED) is 0.624. The second-order valence-electron chi connectivity index (χ2n) is 3.23. The lowest BCUT2D eigenvalue weighted by atomic mass is 10.0. The highest BCUT2D eigenvalue weighted by Gasteiger charge is 2.01. The zero-order chi connectivity index (χ0) is 9.30. The van der Waals surface area contributed by atoms with E-state index in [2.05, 4.69) is 45.2 Å². The number of aryl methyl sites for hydroxylation is 2. The van der Waals surface area contributed by atoms with E-state index in [1.807, 2.05) is 6.92 Å². The van der Waals surface area contributed by atoms with Gasteiger partial charge in [-0.3, -0.25) is 0 Å². The third-order valence-corrected chi connectivity index (χ3v) is 2.48. The van der Waals surface area contributed by atoms with Crippen molar-refractivity contribution in [3.8, 4) is 0 Å². The van der Waals surface area contributed by atoms with E-state index in [9.17, 15) is 0 Å². The van der Waals surface area contributed by atoms with Crippen LogP contribution in [-0.4, -0.2) is 0 Å². The first-order valence-corrected chi connectivity index (χ1v) is 4.43. The van der Waals surface area contributed by atoms with Gasteiger partial charge >= 0.3 is 0 Å². The largest absolute Gasteiger partial charge is 0.143 e. The average molecular weight is 178 g/mol. The fourth-order valence-corrected chi connectivity index (χ4v) is 1.49. The molecule has 0 aliphatic rings. The first-order valence-electron chi connectivity index (χ1n) is 3.98. The molecule has 0 bridgehead atoms.